The normalized spacial score (nSPS) is 27.2. The Bertz CT molecular complexity index is 604. The van der Waals surface area contributed by atoms with Crippen LogP contribution in [0.4, 0.5) is 0 Å². The predicted molar refractivity (Wildman–Crippen MR) is 100 cm³/mol. The lowest BCUT2D eigenvalue weighted by Crippen LogP contribution is -2.45. The molecule has 1 aliphatic carbocycles. The van der Waals surface area contributed by atoms with Crippen LogP contribution in [0.3, 0.4) is 0 Å². The molecule has 0 unspecified atom stereocenters. The van der Waals surface area contributed by atoms with Gasteiger partial charge in [0.15, 0.2) is 0 Å². The van der Waals surface area contributed by atoms with Crippen LogP contribution in [0.5, 0.6) is 0 Å². The molecule has 0 aromatic heterocycles. The first-order chi connectivity index (χ1) is 12.1. The van der Waals surface area contributed by atoms with Crippen molar-refractivity contribution in [1.82, 2.24) is 10.2 Å². The Morgan fingerprint density at radius 2 is 1.88 bits per heavy atom. The Hall–Kier alpha value is -1.65. The fraction of sp³-hybridized carbons (Fsp3) is 0.571. The zero-order chi connectivity index (χ0) is 17.6. The molecule has 3 rings (SSSR count). The second-order valence-electron chi connectivity index (χ2n) is 7.42. The quantitative estimate of drug-likeness (QED) is 0.835. The maximum absolute atomic E-state index is 12.4. The van der Waals surface area contributed by atoms with Gasteiger partial charge in [0, 0.05) is 32.1 Å². The van der Waals surface area contributed by atoms with E-state index in [2.05, 4.69) is 60.5 Å². The number of allylic oxidation sites excluding steroid dienone is 2. The zero-order valence-corrected chi connectivity index (χ0v) is 15.4. The van der Waals surface area contributed by atoms with E-state index in [1.807, 2.05) is 0 Å². The molecule has 1 saturated heterocycles. The van der Waals surface area contributed by atoms with Gasteiger partial charge in [0.2, 0.25) is 5.91 Å². The van der Waals surface area contributed by atoms with Gasteiger partial charge >= 0.3 is 0 Å². The van der Waals surface area contributed by atoms with Crippen molar-refractivity contribution < 1.29 is 9.53 Å². The third-order valence-electron chi connectivity index (χ3n) is 5.10. The first-order valence-corrected chi connectivity index (χ1v) is 9.49. The summed E-state index contributed by atoms with van der Waals surface area (Å²) in [6.07, 6.45) is 7.70. The molecule has 4 nitrogen and oxygen atoms in total. The molecule has 1 amide bonds. The van der Waals surface area contributed by atoms with E-state index in [1.165, 1.54) is 11.1 Å². The van der Waals surface area contributed by atoms with Crippen LogP contribution in [-0.4, -0.2) is 36.1 Å². The van der Waals surface area contributed by atoms with Crippen LogP contribution < -0.4 is 5.32 Å². The number of rotatable bonds is 5. The molecule has 1 heterocycles. The fourth-order valence-corrected chi connectivity index (χ4v) is 3.90. The summed E-state index contributed by atoms with van der Waals surface area (Å²) in [4.78, 5) is 14.8. The number of carbonyl (C=O) groups is 1. The van der Waals surface area contributed by atoms with E-state index < -0.39 is 0 Å². The Balaban J connectivity index is 1.58. The minimum absolute atomic E-state index is 0.137. The molecule has 1 aliphatic heterocycles. The summed E-state index contributed by atoms with van der Waals surface area (Å²) in [6.45, 7) is 7.71. The Labute approximate surface area is 151 Å². The van der Waals surface area contributed by atoms with Crippen LogP contribution in [0.25, 0.3) is 0 Å². The maximum Gasteiger partial charge on any atom is 0.223 e. The van der Waals surface area contributed by atoms with Crippen LogP contribution in [0.15, 0.2) is 36.4 Å². The number of nitrogens with one attached hydrogen (secondary N) is 1. The standard InChI is InChI=1S/C21H30N2O2/c1-16-13-23(14-17(2)25-16)15-20-11-7-6-10-19(20)12-22-21(24)18-8-4-3-5-9-18/h3-4,6-7,10-11,16-18H,5,8-9,12-15H2,1-2H3,(H,22,24)/t16-,17-,18+/m1/s1. The van der Waals surface area contributed by atoms with Gasteiger partial charge < -0.3 is 10.1 Å². The Morgan fingerprint density at radius 1 is 1.16 bits per heavy atom. The number of carbonyl (C=O) groups excluding carboxylic acids is 1. The molecule has 0 radical (unpaired) electrons. The van der Waals surface area contributed by atoms with Crippen molar-refractivity contribution in [3.05, 3.63) is 47.5 Å². The Morgan fingerprint density at radius 3 is 2.56 bits per heavy atom. The van der Waals surface area contributed by atoms with E-state index in [-0.39, 0.29) is 24.0 Å². The van der Waals surface area contributed by atoms with E-state index in [0.717, 1.165) is 38.9 Å². The summed E-state index contributed by atoms with van der Waals surface area (Å²) in [5.74, 6) is 0.325. The van der Waals surface area contributed by atoms with Crippen LogP contribution in [0.1, 0.15) is 44.2 Å². The molecule has 0 bridgehead atoms. The van der Waals surface area contributed by atoms with Crippen molar-refractivity contribution in [3.8, 4) is 0 Å². The topological polar surface area (TPSA) is 41.6 Å². The number of benzene rings is 1. The lowest BCUT2D eigenvalue weighted by Gasteiger charge is -2.35. The van der Waals surface area contributed by atoms with Crippen molar-refractivity contribution in [3.63, 3.8) is 0 Å². The maximum atomic E-state index is 12.4. The van der Waals surface area contributed by atoms with Gasteiger partial charge in [-0.05, 0) is 44.2 Å². The van der Waals surface area contributed by atoms with E-state index >= 15 is 0 Å². The van der Waals surface area contributed by atoms with Crippen molar-refractivity contribution in [2.75, 3.05) is 13.1 Å². The molecular weight excluding hydrogens is 312 g/mol. The molecular formula is C21H30N2O2. The highest BCUT2D eigenvalue weighted by molar-refractivity contribution is 5.79. The number of hydrogen-bond donors (Lipinski definition) is 1. The first-order valence-electron chi connectivity index (χ1n) is 9.49. The average molecular weight is 342 g/mol. The summed E-state index contributed by atoms with van der Waals surface area (Å²) in [5, 5.41) is 3.15. The summed E-state index contributed by atoms with van der Waals surface area (Å²) in [6, 6.07) is 8.44. The third-order valence-corrected chi connectivity index (χ3v) is 5.10. The summed E-state index contributed by atoms with van der Waals surface area (Å²) < 4.78 is 5.83. The molecule has 0 spiro atoms. The minimum Gasteiger partial charge on any atom is -0.373 e. The summed E-state index contributed by atoms with van der Waals surface area (Å²) >= 11 is 0. The highest BCUT2D eigenvalue weighted by Gasteiger charge is 2.23. The summed E-state index contributed by atoms with van der Waals surface area (Å²) in [7, 11) is 0. The van der Waals surface area contributed by atoms with Crippen LogP contribution in [-0.2, 0) is 22.6 Å². The largest absolute Gasteiger partial charge is 0.373 e. The van der Waals surface area contributed by atoms with Crippen molar-refractivity contribution in [2.45, 2.75) is 58.4 Å². The SMILES string of the molecule is C[C@@H]1CN(Cc2ccccc2CNC(=O)[C@H]2CC=CCC2)C[C@@H](C)O1. The Kier molecular flexibility index (Phi) is 6.27. The second kappa shape index (κ2) is 8.63. The van der Waals surface area contributed by atoms with Crippen LogP contribution in [0.2, 0.25) is 0 Å². The fourth-order valence-electron chi connectivity index (χ4n) is 3.90. The number of amides is 1. The predicted octanol–water partition coefficient (Wildman–Crippen LogP) is 3.27. The molecule has 25 heavy (non-hydrogen) atoms. The van der Waals surface area contributed by atoms with Gasteiger partial charge in [0.1, 0.15) is 0 Å². The third kappa shape index (κ3) is 5.16. The number of nitrogens with zero attached hydrogens (tertiary/aromatic N) is 1. The van der Waals surface area contributed by atoms with Crippen molar-refractivity contribution >= 4 is 5.91 Å². The lowest BCUT2D eigenvalue weighted by molar-refractivity contribution is -0.125. The lowest BCUT2D eigenvalue weighted by atomic mass is 9.93. The van der Waals surface area contributed by atoms with Gasteiger partial charge in [-0.2, -0.15) is 0 Å². The van der Waals surface area contributed by atoms with E-state index in [1.54, 1.807) is 0 Å². The van der Waals surface area contributed by atoms with E-state index in [0.29, 0.717) is 6.54 Å². The number of ether oxygens (including phenoxy) is 1. The number of morpholine rings is 1. The zero-order valence-electron chi connectivity index (χ0n) is 15.4. The molecule has 1 fully saturated rings. The average Bonchev–Trinajstić information content (AvgIpc) is 2.60. The highest BCUT2D eigenvalue weighted by Crippen LogP contribution is 2.19. The highest BCUT2D eigenvalue weighted by atomic mass is 16.5. The molecule has 1 aromatic carbocycles. The second-order valence-corrected chi connectivity index (χ2v) is 7.42. The molecule has 3 atom stereocenters. The van der Waals surface area contributed by atoms with E-state index in [9.17, 15) is 4.79 Å². The van der Waals surface area contributed by atoms with Gasteiger partial charge in [-0.25, -0.2) is 0 Å². The van der Waals surface area contributed by atoms with Gasteiger partial charge in [-0.15, -0.1) is 0 Å². The van der Waals surface area contributed by atoms with Gasteiger partial charge in [-0.3, -0.25) is 9.69 Å². The molecule has 0 saturated carbocycles. The first kappa shape index (κ1) is 18.2. The molecule has 2 aliphatic rings. The number of hydrogen-bond acceptors (Lipinski definition) is 3. The molecule has 4 heteroatoms. The van der Waals surface area contributed by atoms with Crippen LogP contribution in [0, 0.1) is 5.92 Å². The molecule has 1 aromatic rings. The minimum atomic E-state index is 0.137. The van der Waals surface area contributed by atoms with Crippen molar-refractivity contribution in [1.29, 1.82) is 0 Å². The van der Waals surface area contributed by atoms with E-state index in [4.69, 9.17) is 4.74 Å². The monoisotopic (exact) mass is 342 g/mol. The van der Waals surface area contributed by atoms with Crippen LogP contribution >= 0.6 is 0 Å². The van der Waals surface area contributed by atoms with Gasteiger partial charge in [-0.1, -0.05) is 36.4 Å². The molecule has 1 N–H and O–H groups in total. The molecule has 136 valence electrons. The smallest absolute Gasteiger partial charge is 0.223 e. The summed E-state index contributed by atoms with van der Waals surface area (Å²) in [5.41, 5.74) is 2.52. The van der Waals surface area contributed by atoms with Crippen molar-refractivity contribution in [2.24, 2.45) is 5.92 Å². The van der Waals surface area contributed by atoms with Gasteiger partial charge in [0.25, 0.3) is 0 Å². The van der Waals surface area contributed by atoms with Gasteiger partial charge in [0.05, 0.1) is 12.2 Å².